The van der Waals surface area contributed by atoms with Crippen molar-refractivity contribution in [3.8, 4) is 0 Å². The molecule has 0 unspecified atom stereocenters. The largest absolute Gasteiger partial charge is 0.388 e. The lowest BCUT2D eigenvalue weighted by atomic mass is 9.76. The maximum absolute atomic E-state index is 12.3. The fraction of sp³-hybridized carbons (Fsp3) is 0.538. The molecule has 0 saturated heterocycles. The van der Waals surface area contributed by atoms with Crippen molar-refractivity contribution in [2.24, 2.45) is 5.73 Å². The average molecular weight is 328 g/mol. The van der Waals surface area contributed by atoms with E-state index in [0.717, 1.165) is 19.3 Å². The number of rotatable bonds is 6. The molecule has 1 saturated carbocycles. The Hall–Kier alpha value is -1.09. The number of nitrogens with zero attached hydrogens (tertiary/aromatic N) is 2. The summed E-state index contributed by atoms with van der Waals surface area (Å²) in [5, 5.41) is 0. The molecule has 1 aliphatic rings. The van der Waals surface area contributed by atoms with Gasteiger partial charge >= 0.3 is 0 Å². The van der Waals surface area contributed by atoms with Crippen LogP contribution in [-0.2, 0) is 10.0 Å². The first-order valence-corrected chi connectivity index (χ1v) is 8.59. The molecule has 1 fully saturated rings. The van der Waals surface area contributed by atoms with Crippen LogP contribution in [0.1, 0.15) is 25.0 Å². The standard InChI is InChI=1S/C13H20N4O2S2/c1-17(2)13(6-3-7-13)9-16-21(18,19)10-4-5-11(12(14)20)15-8-10/h4-5,8,16H,3,6-7,9H2,1-2H3,(H2,14,20). The van der Waals surface area contributed by atoms with Crippen LogP contribution >= 0.6 is 12.2 Å². The second-order valence-corrected chi connectivity index (χ2v) is 7.75. The third kappa shape index (κ3) is 3.39. The maximum atomic E-state index is 12.3. The second kappa shape index (κ2) is 5.96. The van der Waals surface area contributed by atoms with Gasteiger partial charge in [0.25, 0.3) is 0 Å². The van der Waals surface area contributed by atoms with Gasteiger partial charge in [0.15, 0.2) is 0 Å². The van der Waals surface area contributed by atoms with Crippen molar-refractivity contribution >= 4 is 27.2 Å². The van der Waals surface area contributed by atoms with E-state index in [4.69, 9.17) is 18.0 Å². The monoisotopic (exact) mass is 328 g/mol. The summed E-state index contributed by atoms with van der Waals surface area (Å²) in [6.45, 7) is 0.402. The molecule has 0 aliphatic heterocycles. The van der Waals surface area contributed by atoms with Gasteiger partial charge in [-0.1, -0.05) is 12.2 Å². The minimum Gasteiger partial charge on any atom is -0.388 e. The quantitative estimate of drug-likeness (QED) is 0.739. The molecule has 6 nitrogen and oxygen atoms in total. The van der Waals surface area contributed by atoms with E-state index in [-0.39, 0.29) is 15.4 Å². The summed E-state index contributed by atoms with van der Waals surface area (Å²) in [7, 11) is 0.387. The van der Waals surface area contributed by atoms with Crippen LogP contribution in [0.4, 0.5) is 0 Å². The zero-order chi connectivity index (χ0) is 15.7. The molecule has 3 N–H and O–H groups in total. The molecule has 1 heterocycles. The number of hydrogen-bond donors (Lipinski definition) is 2. The zero-order valence-electron chi connectivity index (χ0n) is 12.2. The predicted molar refractivity (Wildman–Crippen MR) is 85.6 cm³/mol. The molecular formula is C13H20N4O2S2. The number of thiocarbonyl (C=S) groups is 1. The van der Waals surface area contributed by atoms with Crippen molar-refractivity contribution in [3.63, 3.8) is 0 Å². The molecule has 1 aromatic heterocycles. The van der Waals surface area contributed by atoms with Crippen LogP contribution in [-0.4, -0.2) is 49.5 Å². The number of sulfonamides is 1. The highest BCUT2D eigenvalue weighted by molar-refractivity contribution is 7.89. The van der Waals surface area contributed by atoms with Crippen LogP contribution in [0.15, 0.2) is 23.2 Å². The van der Waals surface area contributed by atoms with Crippen LogP contribution in [0.5, 0.6) is 0 Å². The molecule has 1 aromatic rings. The van der Waals surface area contributed by atoms with Gasteiger partial charge in [0.2, 0.25) is 10.0 Å². The Balaban J connectivity index is 2.10. The summed E-state index contributed by atoms with van der Waals surface area (Å²) in [6, 6.07) is 2.98. The second-order valence-electron chi connectivity index (χ2n) is 5.54. The summed E-state index contributed by atoms with van der Waals surface area (Å²) >= 11 is 4.80. The molecule has 0 aromatic carbocycles. The van der Waals surface area contributed by atoms with Crippen LogP contribution in [0.2, 0.25) is 0 Å². The maximum Gasteiger partial charge on any atom is 0.242 e. The number of nitrogens with one attached hydrogen (secondary N) is 1. The highest BCUT2D eigenvalue weighted by atomic mass is 32.2. The summed E-state index contributed by atoms with van der Waals surface area (Å²) in [6.07, 6.45) is 4.41. The Kier molecular flexibility index (Phi) is 4.62. The van der Waals surface area contributed by atoms with Gasteiger partial charge in [-0.05, 0) is 45.5 Å². The minimum absolute atomic E-state index is 0.0702. The highest BCUT2D eigenvalue weighted by Gasteiger charge is 2.39. The molecule has 21 heavy (non-hydrogen) atoms. The first-order valence-electron chi connectivity index (χ1n) is 6.70. The van der Waals surface area contributed by atoms with Gasteiger partial charge < -0.3 is 10.6 Å². The van der Waals surface area contributed by atoms with Crippen LogP contribution in [0, 0.1) is 0 Å². The Bertz CT molecular complexity index is 622. The van der Waals surface area contributed by atoms with Gasteiger partial charge in [-0.2, -0.15) is 0 Å². The summed E-state index contributed by atoms with van der Waals surface area (Å²) in [5.41, 5.74) is 5.79. The normalized spacial score (nSPS) is 17.5. The minimum atomic E-state index is -3.57. The van der Waals surface area contributed by atoms with Gasteiger partial charge in [0, 0.05) is 18.3 Å². The molecule has 0 radical (unpaired) electrons. The molecule has 2 rings (SSSR count). The third-order valence-electron chi connectivity index (χ3n) is 4.12. The number of pyridine rings is 1. The Morgan fingerprint density at radius 1 is 1.48 bits per heavy atom. The predicted octanol–water partition coefficient (Wildman–Crippen LogP) is 0.478. The van der Waals surface area contributed by atoms with Gasteiger partial charge in [0.05, 0.1) is 5.69 Å². The Morgan fingerprint density at radius 2 is 2.14 bits per heavy atom. The Labute approximate surface area is 130 Å². The van der Waals surface area contributed by atoms with Crippen LogP contribution < -0.4 is 10.5 Å². The lowest BCUT2D eigenvalue weighted by Crippen LogP contribution is -2.57. The van der Waals surface area contributed by atoms with Crippen molar-refractivity contribution in [2.75, 3.05) is 20.6 Å². The summed E-state index contributed by atoms with van der Waals surface area (Å²) in [5.74, 6) is 0. The smallest absolute Gasteiger partial charge is 0.242 e. The van der Waals surface area contributed by atoms with E-state index in [1.807, 2.05) is 14.1 Å². The van der Waals surface area contributed by atoms with E-state index in [9.17, 15) is 8.42 Å². The van der Waals surface area contributed by atoms with Crippen molar-refractivity contribution in [2.45, 2.75) is 29.7 Å². The SMILES string of the molecule is CN(C)C1(CNS(=O)(=O)c2ccc(C(N)=S)nc2)CCC1. The van der Waals surface area contributed by atoms with Crippen LogP contribution in [0.3, 0.4) is 0 Å². The fourth-order valence-corrected chi connectivity index (χ4v) is 3.55. The average Bonchev–Trinajstić information content (AvgIpc) is 2.37. The van der Waals surface area contributed by atoms with Gasteiger partial charge in [0.1, 0.15) is 9.88 Å². The van der Waals surface area contributed by atoms with Crippen molar-refractivity contribution in [1.82, 2.24) is 14.6 Å². The number of hydrogen-bond acceptors (Lipinski definition) is 5. The van der Waals surface area contributed by atoms with Crippen LogP contribution in [0.25, 0.3) is 0 Å². The molecule has 0 bridgehead atoms. The van der Waals surface area contributed by atoms with Gasteiger partial charge in [-0.15, -0.1) is 0 Å². The van der Waals surface area contributed by atoms with E-state index < -0.39 is 10.0 Å². The Morgan fingerprint density at radius 3 is 2.52 bits per heavy atom. The lowest BCUT2D eigenvalue weighted by molar-refractivity contribution is 0.0657. The van der Waals surface area contributed by atoms with E-state index in [2.05, 4.69) is 14.6 Å². The molecule has 8 heteroatoms. The van der Waals surface area contributed by atoms with Crippen molar-refractivity contribution in [1.29, 1.82) is 0 Å². The molecule has 116 valence electrons. The molecular weight excluding hydrogens is 308 g/mol. The van der Waals surface area contributed by atoms with E-state index >= 15 is 0 Å². The zero-order valence-corrected chi connectivity index (χ0v) is 13.8. The number of likely N-dealkylation sites (N-methyl/N-ethyl adjacent to an activating group) is 1. The van der Waals surface area contributed by atoms with E-state index in [1.165, 1.54) is 18.3 Å². The van der Waals surface area contributed by atoms with E-state index in [1.54, 1.807) is 0 Å². The van der Waals surface area contributed by atoms with Gasteiger partial charge in [-0.25, -0.2) is 13.1 Å². The highest BCUT2D eigenvalue weighted by Crippen LogP contribution is 2.35. The van der Waals surface area contributed by atoms with Gasteiger partial charge in [-0.3, -0.25) is 4.98 Å². The molecule has 1 aliphatic carbocycles. The molecule has 0 atom stereocenters. The molecule has 0 amide bonds. The number of aromatic nitrogens is 1. The molecule has 0 spiro atoms. The lowest BCUT2D eigenvalue weighted by Gasteiger charge is -2.47. The van der Waals surface area contributed by atoms with E-state index in [0.29, 0.717) is 12.2 Å². The first-order chi connectivity index (χ1) is 9.77. The van der Waals surface area contributed by atoms with Crippen molar-refractivity contribution < 1.29 is 8.42 Å². The fourth-order valence-electron chi connectivity index (χ4n) is 2.36. The number of nitrogens with two attached hydrogens (primary N) is 1. The topological polar surface area (TPSA) is 88.3 Å². The third-order valence-corrected chi connectivity index (χ3v) is 5.72. The van der Waals surface area contributed by atoms with Crippen molar-refractivity contribution in [3.05, 3.63) is 24.0 Å². The summed E-state index contributed by atoms with van der Waals surface area (Å²) < 4.78 is 27.3. The first kappa shape index (κ1) is 16.3. The summed E-state index contributed by atoms with van der Waals surface area (Å²) in [4.78, 5) is 6.32.